The van der Waals surface area contributed by atoms with Gasteiger partial charge in [-0.2, -0.15) is 0 Å². The second kappa shape index (κ2) is 9.02. The molecule has 6 nitrogen and oxygen atoms in total. The van der Waals surface area contributed by atoms with Crippen molar-refractivity contribution in [2.75, 3.05) is 27.3 Å². The van der Waals surface area contributed by atoms with Crippen molar-refractivity contribution in [3.8, 4) is 0 Å². The molecule has 1 aliphatic rings. The number of hydrazine groups is 1. The first-order chi connectivity index (χ1) is 9.79. The summed E-state index contributed by atoms with van der Waals surface area (Å²) in [4.78, 5) is 0. The summed E-state index contributed by atoms with van der Waals surface area (Å²) in [5.74, 6) is 0. The average Bonchev–Trinajstić information content (AvgIpc) is 2.76. The molecule has 0 saturated carbocycles. The third-order valence-electron chi connectivity index (χ3n) is 3.09. The van der Waals surface area contributed by atoms with Gasteiger partial charge in [0.05, 0.1) is 31.5 Å². The zero-order valence-corrected chi connectivity index (χ0v) is 14.5. The second-order valence-electron chi connectivity index (χ2n) is 6.29. The van der Waals surface area contributed by atoms with E-state index >= 15 is 0 Å². The van der Waals surface area contributed by atoms with Gasteiger partial charge < -0.3 is 18.9 Å². The predicted molar refractivity (Wildman–Crippen MR) is 82.0 cm³/mol. The van der Waals surface area contributed by atoms with E-state index in [4.69, 9.17) is 18.9 Å². The molecule has 3 atom stereocenters. The Kier molecular flexibility index (Phi) is 8.08. The monoisotopic (exact) mass is 304 g/mol. The molecule has 0 aromatic carbocycles. The van der Waals surface area contributed by atoms with Crippen molar-refractivity contribution in [1.82, 2.24) is 10.4 Å². The molecule has 1 aliphatic heterocycles. The second-order valence-corrected chi connectivity index (χ2v) is 6.29. The summed E-state index contributed by atoms with van der Waals surface area (Å²) in [6.07, 6.45) is -0.132. The van der Waals surface area contributed by atoms with Gasteiger partial charge in [-0.15, -0.1) is 0 Å². The lowest BCUT2D eigenvalue weighted by atomic mass is 10.2. The van der Waals surface area contributed by atoms with Crippen LogP contribution in [0.4, 0.5) is 0 Å². The van der Waals surface area contributed by atoms with Crippen molar-refractivity contribution in [3.05, 3.63) is 0 Å². The lowest BCUT2D eigenvalue weighted by Gasteiger charge is -2.23. The number of hydrogen-bond donors (Lipinski definition) is 1. The summed E-state index contributed by atoms with van der Waals surface area (Å²) in [6.45, 7) is 11.2. The van der Waals surface area contributed by atoms with Gasteiger partial charge in [0.2, 0.25) is 0 Å². The molecular weight excluding hydrogens is 272 g/mol. The molecule has 1 heterocycles. The minimum atomic E-state index is -0.297. The van der Waals surface area contributed by atoms with E-state index in [0.29, 0.717) is 13.2 Å². The molecule has 0 amide bonds. The van der Waals surface area contributed by atoms with Crippen LogP contribution in [0, 0.1) is 0 Å². The molecule has 0 bridgehead atoms. The maximum absolute atomic E-state index is 6.00. The third-order valence-corrected chi connectivity index (χ3v) is 3.09. The zero-order chi connectivity index (χ0) is 16.0. The predicted octanol–water partition coefficient (Wildman–Crippen LogP) is 1.40. The first-order valence-corrected chi connectivity index (χ1v) is 7.77. The van der Waals surface area contributed by atoms with Crippen LogP contribution < -0.4 is 5.43 Å². The van der Waals surface area contributed by atoms with Crippen molar-refractivity contribution in [2.45, 2.75) is 71.4 Å². The first-order valence-electron chi connectivity index (χ1n) is 7.77. The van der Waals surface area contributed by atoms with E-state index in [0.717, 1.165) is 0 Å². The quantitative estimate of drug-likeness (QED) is 0.650. The summed E-state index contributed by atoms with van der Waals surface area (Å²) in [5, 5.41) is 1.90. The van der Waals surface area contributed by atoms with Crippen LogP contribution in [0.25, 0.3) is 0 Å². The van der Waals surface area contributed by atoms with E-state index in [1.54, 1.807) is 0 Å². The average molecular weight is 304 g/mol. The first kappa shape index (κ1) is 18.8. The highest BCUT2D eigenvalue weighted by molar-refractivity contribution is 4.81. The van der Waals surface area contributed by atoms with Crippen molar-refractivity contribution in [1.29, 1.82) is 0 Å². The van der Waals surface area contributed by atoms with Gasteiger partial charge in [0.15, 0.2) is 6.29 Å². The fourth-order valence-corrected chi connectivity index (χ4v) is 2.12. The summed E-state index contributed by atoms with van der Waals surface area (Å²) in [6, 6.07) is 0.0607. The minimum absolute atomic E-state index is 0.0607. The molecule has 1 N–H and O–H groups in total. The third kappa shape index (κ3) is 7.04. The lowest BCUT2D eigenvalue weighted by molar-refractivity contribution is -0.108. The SMILES string of the molecule is CC(C)OC[C@@H]1OC([C@H](C)NN(C)C)O[C@H]1COC(C)C. The Balaban J connectivity index is 2.55. The summed E-state index contributed by atoms with van der Waals surface area (Å²) >= 11 is 0. The molecule has 1 rings (SSSR count). The Bertz CT molecular complexity index is 267. The molecule has 0 spiro atoms. The van der Waals surface area contributed by atoms with Gasteiger partial charge in [-0.05, 0) is 34.6 Å². The van der Waals surface area contributed by atoms with Crippen LogP contribution in [0.2, 0.25) is 0 Å². The Hall–Kier alpha value is -0.240. The van der Waals surface area contributed by atoms with E-state index < -0.39 is 0 Å². The molecule has 1 fully saturated rings. The van der Waals surface area contributed by atoms with Crippen LogP contribution in [-0.2, 0) is 18.9 Å². The molecule has 0 aromatic rings. The van der Waals surface area contributed by atoms with Crippen molar-refractivity contribution < 1.29 is 18.9 Å². The molecule has 0 aromatic heterocycles. The van der Waals surface area contributed by atoms with Crippen LogP contribution in [0.15, 0.2) is 0 Å². The van der Waals surface area contributed by atoms with Crippen LogP contribution >= 0.6 is 0 Å². The molecule has 6 heteroatoms. The van der Waals surface area contributed by atoms with E-state index in [9.17, 15) is 0 Å². The fraction of sp³-hybridized carbons (Fsp3) is 1.00. The van der Waals surface area contributed by atoms with Gasteiger partial charge in [-0.25, -0.2) is 5.43 Å². The molecule has 0 aliphatic carbocycles. The zero-order valence-electron chi connectivity index (χ0n) is 14.5. The molecule has 1 saturated heterocycles. The molecule has 21 heavy (non-hydrogen) atoms. The normalized spacial score (nSPS) is 25.4. The Morgan fingerprint density at radius 1 is 0.905 bits per heavy atom. The van der Waals surface area contributed by atoms with Gasteiger partial charge >= 0.3 is 0 Å². The number of ether oxygens (including phenoxy) is 4. The maximum Gasteiger partial charge on any atom is 0.175 e. The van der Waals surface area contributed by atoms with Crippen LogP contribution in [0.1, 0.15) is 34.6 Å². The molecule has 126 valence electrons. The summed E-state index contributed by atoms with van der Waals surface area (Å²) in [7, 11) is 3.90. The van der Waals surface area contributed by atoms with Gasteiger partial charge in [-0.3, -0.25) is 5.01 Å². The van der Waals surface area contributed by atoms with E-state index in [1.165, 1.54) is 0 Å². The van der Waals surface area contributed by atoms with Gasteiger partial charge in [0.1, 0.15) is 12.2 Å². The number of nitrogens with one attached hydrogen (secondary N) is 1. The largest absolute Gasteiger partial charge is 0.376 e. The lowest BCUT2D eigenvalue weighted by Crippen LogP contribution is -2.45. The standard InChI is InChI=1S/C15H32N2O4/c1-10(2)18-8-13-14(9-19-11(3)4)21-15(20-13)12(5)16-17(6)7/h10-16H,8-9H2,1-7H3/t12-,13-,14-/m0/s1. The minimum Gasteiger partial charge on any atom is -0.376 e. The van der Waals surface area contributed by atoms with E-state index in [2.05, 4.69) is 5.43 Å². The Labute approximate surface area is 129 Å². The van der Waals surface area contributed by atoms with E-state index in [-0.39, 0.29) is 36.7 Å². The number of nitrogens with zero attached hydrogens (tertiary/aromatic N) is 1. The van der Waals surface area contributed by atoms with E-state index in [1.807, 2.05) is 53.7 Å². The molecule has 0 radical (unpaired) electrons. The van der Waals surface area contributed by atoms with Crippen molar-refractivity contribution in [3.63, 3.8) is 0 Å². The highest BCUT2D eigenvalue weighted by Crippen LogP contribution is 2.23. The highest BCUT2D eigenvalue weighted by Gasteiger charge is 2.39. The van der Waals surface area contributed by atoms with Gasteiger partial charge in [-0.1, -0.05) is 0 Å². The smallest absolute Gasteiger partial charge is 0.175 e. The number of rotatable bonds is 9. The summed E-state index contributed by atoms with van der Waals surface area (Å²) < 4.78 is 23.4. The van der Waals surface area contributed by atoms with Crippen molar-refractivity contribution in [2.24, 2.45) is 0 Å². The van der Waals surface area contributed by atoms with Crippen LogP contribution in [0.5, 0.6) is 0 Å². The maximum atomic E-state index is 6.00. The van der Waals surface area contributed by atoms with Crippen LogP contribution in [0.3, 0.4) is 0 Å². The number of hydrogen-bond acceptors (Lipinski definition) is 6. The van der Waals surface area contributed by atoms with Gasteiger partial charge in [0.25, 0.3) is 0 Å². The summed E-state index contributed by atoms with van der Waals surface area (Å²) in [5.41, 5.74) is 3.26. The van der Waals surface area contributed by atoms with Crippen molar-refractivity contribution >= 4 is 0 Å². The fourth-order valence-electron chi connectivity index (χ4n) is 2.12. The van der Waals surface area contributed by atoms with Gasteiger partial charge in [0, 0.05) is 14.1 Å². The Morgan fingerprint density at radius 3 is 1.67 bits per heavy atom. The Morgan fingerprint density at radius 2 is 1.33 bits per heavy atom. The topological polar surface area (TPSA) is 52.2 Å². The highest BCUT2D eigenvalue weighted by atomic mass is 16.7. The molecular formula is C15H32N2O4. The van der Waals surface area contributed by atoms with Crippen LogP contribution in [-0.4, -0.2) is 69.1 Å². The molecule has 0 unspecified atom stereocenters.